The first kappa shape index (κ1) is 18.6. The minimum Gasteiger partial charge on any atom is -0.481 e. The minimum absolute atomic E-state index is 0.0128. The number of rotatable bonds is 8. The lowest BCUT2D eigenvalue weighted by Gasteiger charge is -2.12. The SMILES string of the molecule is O=C(O)CCCc1ccc2c(c1)CC(NS(=O)(=O)Cc1ccccc1)C2. The summed E-state index contributed by atoms with van der Waals surface area (Å²) in [5.41, 5.74) is 4.21. The summed E-state index contributed by atoms with van der Waals surface area (Å²) < 4.78 is 27.6. The molecule has 2 aromatic rings. The summed E-state index contributed by atoms with van der Waals surface area (Å²) in [6.07, 6.45) is 2.87. The van der Waals surface area contributed by atoms with Gasteiger partial charge in [-0.05, 0) is 47.9 Å². The zero-order valence-corrected chi connectivity index (χ0v) is 15.3. The number of benzene rings is 2. The number of hydrogen-bond acceptors (Lipinski definition) is 3. The molecular formula is C20H23NO4S. The Morgan fingerprint density at radius 3 is 2.50 bits per heavy atom. The standard InChI is InChI=1S/C20H23NO4S/c22-20(23)8-4-7-15-9-10-17-12-19(13-18(17)11-15)21-26(24,25)14-16-5-2-1-3-6-16/h1-3,5-6,9-11,19,21H,4,7-8,12-14H2,(H,22,23). The number of nitrogens with one attached hydrogen (secondary N) is 1. The Morgan fingerprint density at radius 2 is 1.77 bits per heavy atom. The van der Waals surface area contributed by atoms with Gasteiger partial charge in [-0.15, -0.1) is 0 Å². The van der Waals surface area contributed by atoms with Gasteiger partial charge < -0.3 is 5.11 Å². The van der Waals surface area contributed by atoms with Crippen LogP contribution in [0.4, 0.5) is 0 Å². The highest BCUT2D eigenvalue weighted by Gasteiger charge is 2.25. The molecule has 2 N–H and O–H groups in total. The summed E-state index contributed by atoms with van der Waals surface area (Å²) in [6, 6.07) is 15.2. The second kappa shape index (κ2) is 8.01. The zero-order valence-electron chi connectivity index (χ0n) is 14.5. The largest absolute Gasteiger partial charge is 0.481 e. The predicted molar refractivity (Wildman–Crippen MR) is 100 cm³/mol. The lowest BCUT2D eigenvalue weighted by molar-refractivity contribution is -0.137. The Labute approximate surface area is 154 Å². The maximum Gasteiger partial charge on any atom is 0.303 e. The van der Waals surface area contributed by atoms with E-state index in [0.717, 1.165) is 23.1 Å². The van der Waals surface area contributed by atoms with Crippen molar-refractivity contribution in [2.75, 3.05) is 0 Å². The van der Waals surface area contributed by atoms with Crippen LogP contribution in [0.25, 0.3) is 0 Å². The predicted octanol–water partition coefficient (Wildman–Crippen LogP) is 2.68. The van der Waals surface area contributed by atoms with Crippen LogP contribution in [0.2, 0.25) is 0 Å². The summed E-state index contributed by atoms with van der Waals surface area (Å²) in [7, 11) is -3.38. The fourth-order valence-electron chi connectivity index (χ4n) is 3.44. The van der Waals surface area contributed by atoms with Crippen LogP contribution in [-0.2, 0) is 39.8 Å². The molecule has 0 saturated heterocycles. The zero-order chi connectivity index (χ0) is 18.6. The molecular weight excluding hydrogens is 350 g/mol. The first-order valence-corrected chi connectivity index (χ1v) is 10.4. The molecule has 0 amide bonds. The Hall–Kier alpha value is -2.18. The van der Waals surface area contributed by atoms with Crippen LogP contribution < -0.4 is 4.72 Å². The summed E-state index contributed by atoms with van der Waals surface area (Å²) in [4.78, 5) is 10.6. The van der Waals surface area contributed by atoms with Crippen LogP contribution in [0.1, 0.15) is 35.1 Å². The number of aliphatic carboxylic acids is 1. The van der Waals surface area contributed by atoms with E-state index in [9.17, 15) is 13.2 Å². The monoisotopic (exact) mass is 373 g/mol. The van der Waals surface area contributed by atoms with Gasteiger partial charge in [0, 0.05) is 12.5 Å². The lowest BCUT2D eigenvalue weighted by atomic mass is 10.0. The van der Waals surface area contributed by atoms with Crippen LogP contribution in [-0.4, -0.2) is 25.5 Å². The average Bonchev–Trinajstić information content (AvgIpc) is 2.95. The van der Waals surface area contributed by atoms with Gasteiger partial charge >= 0.3 is 5.97 Å². The highest BCUT2D eigenvalue weighted by Crippen LogP contribution is 2.25. The van der Waals surface area contributed by atoms with E-state index in [1.54, 1.807) is 0 Å². The van der Waals surface area contributed by atoms with Gasteiger partial charge in [-0.1, -0.05) is 48.5 Å². The van der Waals surface area contributed by atoms with Crippen molar-refractivity contribution in [3.8, 4) is 0 Å². The molecule has 6 heteroatoms. The van der Waals surface area contributed by atoms with E-state index < -0.39 is 16.0 Å². The summed E-state index contributed by atoms with van der Waals surface area (Å²) in [5, 5.41) is 8.73. The van der Waals surface area contributed by atoms with E-state index in [4.69, 9.17) is 5.11 Å². The van der Waals surface area contributed by atoms with E-state index in [-0.39, 0.29) is 18.2 Å². The maximum absolute atomic E-state index is 12.4. The number of fused-ring (bicyclic) bond motifs is 1. The van der Waals surface area contributed by atoms with Crippen molar-refractivity contribution >= 4 is 16.0 Å². The summed E-state index contributed by atoms with van der Waals surface area (Å²) in [6.45, 7) is 0. The third-order valence-electron chi connectivity index (χ3n) is 4.61. The number of aryl methyl sites for hydroxylation is 1. The smallest absolute Gasteiger partial charge is 0.303 e. The normalized spacial score (nSPS) is 16.4. The molecule has 0 aliphatic heterocycles. The number of carboxylic acid groups (broad SMARTS) is 1. The number of hydrogen-bond donors (Lipinski definition) is 2. The molecule has 3 rings (SSSR count). The van der Waals surface area contributed by atoms with Gasteiger partial charge in [-0.2, -0.15) is 0 Å². The molecule has 0 radical (unpaired) electrons. The molecule has 138 valence electrons. The first-order chi connectivity index (χ1) is 12.4. The minimum atomic E-state index is -3.38. The Morgan fingerprint density at radius 1 is 1.04 bits per heavy atom. The van der Waals surface area contributed by atoms with Crippen LogP contribution in [0.5, 0.6) is 0 Å². The molecule has 0 heterocycles. The molecule has 1 aliphatic rings. The molecule has 1 aliphatic carbocycles. The van der Waals surface area contributed by atoms with E-state index in [1.807, 2.05) is 42.5 Å². The van der Waals surface area contributed by atoms with Crippen LogP contribution in [0, 0.1) is 0 Å². The molecule has 2 aromatic carbocycles. The number of carboxylic acids is 1. The quantitative estimate of drug-likeness (QED) is 0.745. The molecule has 1 atom stereocenters. The average molecular weight is 373 g/mol. The highest BCUT2D eigenvalue weighted by atomic mass is 32.2. The van der Waals surface area contributed by atoms with Crippen LogP contribution in [0.3, 0.4) is 0 Å². The van der Waals surface area contributed by atoms with E-state index >= 15 is 0 Å². The van der Waals surface area contributed by atoms with Gasteiger partial charge in [-0.3, -0.25) is 4.79 Å². The van der Waals surface area contributed by atoms with Gasteiger partial charge in [0.15, 0.2) is 0 Å². The van der Waals surface area contributed by atoms with Crippen LogP contribution >= 0.6 is 0 Å². The fourth-order valence-corrected chi connectivity index (χ4v) is 4.83. The van der Waals surface area contributed by atoms with Crippen molar-refractivity contribution in [2.45, 2.75) is 43.9 Å². The van der Waals surface area contributed by atoms with Crippen LogP contribution in [0.15, 0.2) is 48.5 Å². The topological polar surface area (TPSA) is 83.5 Å². The third kappa shape index (κ3) is 5.16. The van der Waals surface area contributed by atoms with Crippen molar-refractivity contribution < 1.29 is 18.3 Å². The summed E-state index contributed by atoms with van der Waals surface area (Å²) in [5.74, 6) is -0.791. The molecule has 0 aromatic heterocycles. The molecule has 5 nitrogen and oxygen atoms in total. The van der Waals surface area contributed by atoms with Crippen molar-refractivity contribution in [3.05, 3.63) is 70.8 Å². The Bertz CT molecular complexity index is 878. The molecule has 0 spiro atoms. The van der Waals surface area contributed by atoms with Gasteiger partial charge in [0.05, 0.1) is 5.75 Å². The Kier molecular flexibility index (Phi) is 5.74. The second-order valence-electron chi connectivity index (χ2n) is 6.82. The van der Waals surface area contributed by atoms with E-state index in [0.29, 0.717) is 19.3 Å². The van der Waals surface area contributed by atoms with Crippen molar-refractivity contribution in [1.82, 2.24) is 4.72 Å². The van der Waals surface area contributed by atoms with Crippen molar-refractivity contribution in [3.63, 3.8) is 0 Å². The van der Waals surface area contributed by atoms with Gasteiger partial charge in [-0.25, -0.2) is 13.1 Å². The highest BCUT2D eigenvalue weighted by molar-refractivity contribution is 7.88. The maximum atomic E-state index is 12.4. The summed E-state index contributed by atoms with van der Waals surface area (Å²) >= 11 is 0. The van der Waals surface area contributed by atoms with E-state index in [1.165, 1.54) is 5.56 Å². The number of sulfonamides is 1. The fraction of sp³-hybridized carbons (Fsp3) is 0.350. The van der Waals surface area contributed by atoms with Crippen molar-refractivity contribution in [1.29, 1.82) is 0 Å². The third-order valence-corrected chi connectivity index (χ3v) is 6.01. The van der Waals surface area contributed by atoms with Gasteiger partial charge in [0.1, 0.15) is 0 Å². The molecule has 0 bridgehead atoms. The number of carbonyl (C=O) groups is 1. The Balaban J connectivity index is 1.58. The van der Waals surface area contributed by atoms with Crippen molar-refractivity contribution in [2.24, 2.45) is 0 Å². The van der Waals surface area contributed by atoms with Gasteiger partial charge in [0.2, 0.25) is 10.0 Å². The molecule has 0 saturated carbocycles. The molecule has 26 heavy (non-hydrogen) atoms. The molecule has 0 fully saturated rings. The lowest BCUT2D eigenvalue weighted by Crippen LogP contribution is -2.36. The van der Waals surface area contributed by atoms with Gasteiger partial charge in [0.25, 0.3) is 0 Å². The second-order valence-corrected chi connectivity index (χ2v) is 8.57. The van der Waals surface area contributed by atoms with E-state index in [2.05, 4.69) is 10.8 Å². The first-order valence-electron chi connectivity index (χ1n) is 8.78. The molecule has 1 unspecified atom stereocenters.